The Morgan fingerprint density at radius 2 is 2.29 bits per heavy atom. The molecule has 98 valence electrons. The van der Waals surface area contributed by atoms with Crippen LogP contribution >= 0.6 is 0 Å². The third kappa shape index (κ3) is 4.00. The Hall–Kier alpha value is -1.10. The van der Waals surface area contributed by atoms with Crippen LogP contribution in [0.4, 0.5) is 0 Å². The van der Waals surface area contributed by atoms with E-state index in [-0.39, 0.29) is 30.7 Å². The minimum Gasteiger partial charge on any atom is -0.388 e. The molecule has 0 bridgehead atoms. The van der Waals surface area contributed by atoms with Crippen LogP contribution in [0.3, 0.4) is 0 Å². The molecular weight excluding hydrogens is 220 g/mol. The molecule has 1 rings (SSSR count). The molecule has 2 N–H and O–H groups in total. The Labute approximate surface area is 102 Å². The summed E-state index contributed by atoms with van der Waals surface area (Å²) in [6.07, 6.45) is 1.79. The fraction of sp³-hybridized carbons (Fsp3) is 0.833. The van der Waals surface area contributed by atoms with Gasteiger partial charge in [0.2, 0.25) is 11.8 Å². The van der Waals surface area contributed by atoms with Crippen LogP contribution in [0.25, 0.3) is 0 Å². The fourth-order valence-electron chi connectivity index (χ4n) is 2.09. The lowest BCUT2D eigenvalue weighted by Crippen LogP contribution is -2.43. The second kappa shape index (κ2) is 5.49. The number of aliphatic hydroxyl groups is 1. The number of rotatable bonds is 5. The van der Waals surface area contributed by atoms with Gasteiger partial charge in [0, 0.05) is 26.6 Å². The Bertz CT molecular complexity index is 302. The second-order valence-corrected chi connectivity index (χ2v) is 5.14. The Balaban J connectivity index is 2.38. The van der Waals surface area contributed by atoms with Gasteiger partial charge in [-0.05, 0) is 13.3 Å². The van der Waals surface area contributed by atoms with Crippen molar-refractivity contribution in [3.8, 4) is 0 Å². The zero-order chi connectivity index (χ0) is 13.1. The highest BCUT2D eigenvalue weighted by molar-refractivity contribution is 5.89. The molecule has 0 aromatic rings. The molecule has 0 aromatic heterocycles. The molecule has 0 aliphatic carbocycles. The predicted molar refractivity (Wildman–Crippen MR) is 64.3 cm³/mol. The number of nitrogens with zero attached hydrogens (tertiary/aromatic N) is 1. The van der Waals surface area contributed by atoms with Gasteiger partial charge in [0.25, 0.3) is 0 Å². The lowest BCUT2D eigenvalue weighted by Gasteiger charge is -2.23. The number of carbonyl (C=O) groups is 2. The van der Waals surface area contributed by atoms with Crippen molar-refractivity contribution in [2.75, 3.05) is 20.1 Å². The second-order valence-electron chi connectivity index (χ2n) is 5.14. The summed E-state index contributed by atoms with van der Waals surface area (Å²) in [7, 11) is 1.70. The first-order valence-electron chi connectivity index (χ1n) is 6.10. The largest absolute Gasteiger partial charge is 0.388 e. The predicted octanol–water partition coefficient (Wildman–Crippen LogP) is 0.132. The van der Waals surface area contributed by atoms with Crippen LogP contribution in [0, 0.1) is 5.92 Å². The highest BCUT2D eigenvalue weighted by atomic mass is 16.3. The SMILES string of the molecule is CCCC(C)(O)CNC(=O)C1CC(=O)N(C)C1. The molecule has 0 saturated carbocycles. The Morgan fingerprint density at radius 3 is 2.76 bits per heavy atom. The van der Waals surface area contributed by atoms with Crippen molar-refractivity contribution in [1.29, 1.82) is 0 Å². The smallest absolute Gasteiger partial charge is 0.225 e. The lowest BCUT2D eigenvalue weighted by atomic mass is 10.00. The maximum atomic E-state index is 11.8. The molecular formula is C12H22N2O3. The van der Waals surface area contributed by atoms with Gasteiger partial charge in [-0.1, -0.05) is 13.3 Å². The van der Waals surface area contributed by atoms with E-state index < -0.39 is 5.60 Å². The van der Waals surface area contributed by atoms with E-state index >= 15 is 0 Å². The number of hydrogen-bond donors (Lipinski definition) is 2. The lowest BCUT2D eigenvalue weighted by molar-refractivity contribution is -0.128. The summed E-state index contributed by atoms with van der Waals surface area (Å²) in [6.45, 7) is 4.41. The van der Waals surface area contributed by atoms with Gasteiger partial charge in [0.1, 0.15) is 0 Å². The summed E-state index contributed by atoms with van der Waals surface area (Å²) in [4.78, 5) is 24.6. The number of carbonyl (C=O) groups excluding carboxylic acids is 2. The van der Waals surface area contributed by atoms with Gasteiger partial charge >= 0.3 is 0 Å². The first kappa shape index (κ1) is 14.0. The quantitative estimate of drug-likeness (QED) is 0.720. The van der Waals surface area contributed by atoms with Gasteiger partial charge in [0.15, 0.2) is 0 Å². The molecule has 2 atom stereocenters. The van der Waals surface area contributed by atoms with Crippen molar-refractivity contribution in [2.24, 2.45) is 5.92 Å². The number of amides is 2. The van der Waals surface area contributed by atoms with Crippen molar-refractivity contribution in [3.63, 3.8) is 0 Å². The Morgan fingerprint density at radius 1 is 1.65 bits per heavy atom. The monoisotopic (exact) mass is 242 g/mol. The molecule has 1 aliphatic rings. The average molecular weight is 242 g/mol. The summed E-state index contributed by atoms with van der Waals surface area (Å²) in [6, 6.07) is 0. The van der Waals surface area contributed by atoms with Gasteiger partial charge < -0.3 is 15.3 Å². The maximum Gasteiger partial charge on any atom is 0.225 e. The van der Waals surface area contributed by atoms with Crippen molar-refractivity contribution in [2.45, 2.75) is 38.7 Å². The summed E-state index contributed by atoms with van der Waals surface area (Å²) in [5.74, 6) is -0.408. The highest BCUT2D eigenvalue weighted by Gasteiger charge is 2.32. The fourth-order valence-corrected chi connectivity index (χ4v) is 2.09. The molecule has 0 aromatic carbocycles. The third-order valence-corrected chi connectivity index (χ3v) is 3.14. The standard InChI is InChI=1S/C12H22N2O3/c1-4-5-12(2,17)8-13-11(16)9-6-10(15)14(3)7-9/h9,17H,4-8H2,1-3H3,(H,13,16). The minimum atomic E-state index is -0.862. The van der Waals surface area contributed by atoms with E-state index in [1.807, 2.05) is 6.92 Å². The van der Waals surface area contributed by atoms with Crippen LogP contribution in [0.5, 0.6) is 0 Å². The van der Waals surface area contributed by atoms with Gasteiger partial charge in [-0.3, -0.25) is 9.59 Å². The molecule has 5 nitrogen and oxygen atoms in total. The Kier molecular flexibility index (Phi) is 4.51. The summed E-state index contributed by atoms with van der Waals surface area (Å²) in [5, 5.41) is 12.6. The number of likely N-dealkylation sites (tertiary alicyclic amines) is 1. The van der Waals surface area contributed by atoms with E-state index in [1.54, 1.807) is 18.9 Å². The van der Waals surface area contributed by atoms with E-state index in [9.17, 15) is 14.7 Å². The van der Waals surface area contributed by atoms with Crippen molar-refractivity contribution < 1.29 is 14.7 Å². The third-order valence-electron chi connectivity index (χ3n) is 3.14. The topological polar surface area (TPSA) is 69.6 Å². The van der Waals surface area contributed by atoms with Crippen LogP contribution in [0.15, 0.2) is 0 Å². The number of hydrogen-bond acceptors (Lipinski definition) is 3. The summed E-state index contributed by atoms with van der Waals surface area (Å²) in [5.41, 5.74) is -0.862. The van der Waals surface area contributed by atoms with E-state index in [4.69, 9.17) is 0 Å². The van der Waals surface area contributed by atoms with E-state index in [0.29, 0.717) is 13.0 Å². The van der Waals surface area contributed by atoms with Crippen molar-refractivity contribution in [1.82, 2.24) is 10.2 Å². The van der Waals surface area contributed by atoms with Crippen LogP contribution in [-0.2, 0) is 9.59 Å². The zero-order valence-electron chi connectivity index (χ0n) is 10.8. The molecule has 17 heavy (non-hydrogen) atoms. The van der Waals surface area contributed by atoms with Crippen LogP contribution in [-0.4, -0.2) is 47.6 Å². The van der Waals surface area contributed by atoms with Crippen LogP contribution in [0.1, 0.15) is 33.1 Å². The zero-order valence-corrected chi connectivity index (χ0v) is 10.8. The van der Waals surface area contributed by atoms with E-state index in [2.05, 4.69) is 5.32 Å². The number of nitrogens with one attached hydrogen (secondary N) is 1. The average Bonchev–Trinajstić information content (AvgIpc) is 2.56. The molecule has 1 saturated heterocycles. The summed E-state index contributed by atoms with van der Waals surface area (Å²) < 4.78 is 0. The van der Waals surface area contributed by atoms with Gasteiger partial charge in [0.05, 0.1) is 11.5 Å². The van der Waals surface area contributed by atoms with Gasteiger partial charge in [-0.2, -0.15) is 0 Å². The molecule has 1 fully saturated rings. The van der Waals surface area contributed by atoms with Crippen molar-refractivity contribution >= 4 is 11.8 Å². The normalized spacial score (nSPS) is 23.6. The van der Waals surface area contributed by atoms with E-state index in [1.165, 1.54) is 0 Å². The molecule has 1 aliphatic heterocycles. The minimum absolute atomic E-state index is 0.00506. The van der Waals surface area contributed by atoms with Gasteiger partial charge in [-0.25, -0.2) is 0 Å². The van der Waals surface area contributed by atoms with Crippen LogP contribution < -0.4 is 5.32 Å². The maximum absolute atomic E-state index is 11.8. The first-order valence-corrected chi connectivity index (χ1v) is 6.10. The molecule has 2 amide bonds. The van der Waals surface area contributed by atoms with E-state index in [0.717, 1.165) is 6.42 Å². The molecule has 1 heterocycles. The molecule has 5 heteroatoms. The van der Waals surface area contributed by atoms with Crippen molar-refractivity contribution in [3.05, 3.63) is 0 Å². The molecule has 2 unspecified atom stereocenters. The molecule has 0 radical (unpaired) electrons. The summed E-state index contributed by atoms with van der Waals surface area (Å²) >= 11 is 0. The van der Waals surface area contributed by atoms with Crippen LogP contribution in [0.2, 0.25) is 0 Å². The van der Waals surface area contributed by atoms with Gasteiger partial charge in [-0.15, -0.1) is 0 Å². The first-order chi connectivity index (χ1) is 7.85. The molecule has 0 spiro atoms. The highest BCUT2D eigenvalue weighted by Crippen LogP contribution is 2.16.